The summed E-state index contributed by atoms with van der Waals surface area (Å²) < 4.78 is 16.0. The number of morpholine rings is 1. The molecule has 1 fully saturated rings. The minimum atomic E-state index is -0.470. The minimum Gasteiger partial charge on any atom is -0.489 e. The van der Waals surface area contributed by atoms with Crippen molar-refractivity contribution in [3.8, 4) is 5.75 Å². The van der Waals surface area contributed by atoms with E-state index in [1.165, 1.54) is 19.5 Å². The summed E-state index contributed by atoms with van der Waals surface area (Å²) in [7, 11) is 1.31. The van der Waals surface area contributed by atoms with Gasteiger partial charge in [0.25, 0.3) is 0 Å². The third-order valence-electron chi connectivity index (χ3n) is 4.00. The van der Waals surface area contributed by atoms with Gasteiger partial charge in [-0.15, -0.1) is 0 Å². The molecular formula is C18H20N2O5S. The van der Waals surface area contributed by atoms with Crippen LogP contribution in [0.4, 0.5) is 0 Å². The molecule has 1 aliphatic heterocycles. The van der Waals surface area contributed by atoms with Gasteiger partial charge in [-0.25, -0.2) is 4.79 Å². The van der Waals surface area contributed by atoms with Crippen LogP contribution in [0, 0.1) is 0 Å². The first-order valence-electron chi connectivity index (χ1n) is 8.22. The van der Waals surface area contributed by atoms with Gasteiger partial charge >= 0.3 is 5.97 Å². The SMILES string of the molecule is COC(=O)c1cncc(OCC2CN(C(=O)Cc3ccsc3)CCO2)c1. The van der Waals surface area contributed by atoms with Gasteiger partial charge in [-0.2, -0.15) is 11.3 Å². The number of hydrogen-bond donors (Lipinski definition) is 0. The molecule has 0 spiro atoms. The van der Waals surface area contributed by atoms with E-state index in [-0.39, 0.29) is 18.6 Å². The Bertz CT molecular complexity index is 750. The Morgan fingerprint density at radius 2 is 2.31 bits per heavy atom. The van der Waals surface area contributed by atoms with Crippen molar-refractivity contribution in [1.82, 2.24) is 9.88 Å². The molecule has 3 rings (SSSR count). The Hall–Kier alpha value is -2.45. The molecule has 3 heterocycles. The van der Waals surface area contributed by atoms with Gasteiger partial charge in [0.15, 0.2) is 0 Å². The summed E-state index contributed by atoms with van der Waals surface area (Å²) >= 11 is 1.58. The van der Waals surface area contributed by atoms with Gasteiger partial charge in [-0.1, -0.05) is 0 Å². The second-order valence-corrected chi connectivity index (χ2v) is 6.63. The lowest BCUT2D eigenvalue weighted by Crippen LogP contribution is -2.48. The molecular weight excluding hydrogens is 356 g/mol. The van der Waals surface area contributed by atoms with Crippen LogP contribution in [-0.4, -0.2) is 61.3 Å². The number of pyridine rings is 1. The molecule has 1 amide bonds. The number of esters is 1. The molecule has 26 heavy (non-hydrogen) atoms. The summed E-state index contributed by atoms with van der Waals surface area (Å²) in [6.07, 6.45) is 3.12. The summed E-state index contributed by atoms with van der Waals surface area (Å²) in [4.78, 5) is 29.7. The van der Waals surface area contributed by atoms with Crippen LogP contribution in [0.2, 0.25) is 0 Å². The van der Waals surface area contributed by atoms with Gasteiger partial charge in [0.2, 0.25) is 5.91 Å². The maximum Gasteiger partial charge on any atom is 0.339 e. The molecule has 0 radical (unpaired) electrons. The normalized spacial score (nSPS) is 17.0. The fourth-order valence-electron chi connectivity index (χ4n) is 2.64. The maximum atomic E-state index is 12.4. The molecule has 1 unspecified atom stereocenters. The molecule has 0 N–H and O–H groups in total. The van der Waals surface area contributed by atoms with Crippen LogP contribution in [0.5, 0.6) is 5.75 Å². The number of amides is 1. The van der Waals surface area contributed by atoms with Crippen LogP contribution in [0.3, 0.4) is 0 Å². The third-order valence-corrected chi connectivity index (χ3v) is 4.73. The van der Waals surface area contributed by atoms with E-state index >= 15 is 0 Å². The lowest BCUT2D eigenvalue weighted by atomic mass is 10.2. The highest BCUT2D eigenvalue weighted by Gasteiger charge is 2.25. The number of ether oxygens (including phenoxy) is 3. The Morgan fingerprint density at radius 3 is 3.08 bits per heavy atom. The molecule has 138 valence electrons. The Kier molecular flexibility index (Phi) is 6.19. The number of rotatable bonds is 6. The zero-order valence-corrected chi connectivity index (χ0v) is 15.2. The van der Waals surface area contributed by atoms with Crippen LogP contribution in [0.15, 0.2) is 35.3 Å². The quantitative estimate of drug-likeness (QED) is 0.715. The summed E-state index contributed by atoms with van der Waals surface area (Å²) in [5.41, 5.74) is 1.35. The van der Waals surface area contributed by atoms with Crippen molar-refractivity contribution in [1.29, 1.82) is 0 Å². The van der Waals surface area contributed by atoms with Crippen molar-refractivity contribution < 1.29 is 23.8 Å². The largest absolute Gasteiger partial charge is 0.489 e. The smallest absolute Gasteiger partial charge is 0.339 e. The van der Waals surface area contributed by atoms with E-state index in [1.54, 1.807) is 22.3 Å². The Morgan fingerprint density at radius 1 is 1.42 bits per heavy atom. The molecule has 8 heteroatoms. The standard InChI is InChI=1S/C18H20N2O5S/c1-23-18(22)14-7-15(9-19-8-14)25-11-16-10-20(3-4-24-16)17(21)6-13-2-5-26-12-13/h2,5,7-9,12,16H,3-4,6,10-11H2,1H3. The molecule has 1 aliphatic rings. The molecule has 1 atom stereocenters. The van der Waals surface area contributed by atoms with E-state index in [0.717, 1.165) is 5.56 Å². The number of carbonyl (C=O) groups is 2. The van der Waals surface area contributed by atoms with Gasteiger partial charge in [-0.3, -0.25) is 9.78 Å². The van der Waals surface area contributed by atoms with E-state index in [2.05, 4.69) is 9.72 Å². The maximum absolute atomic E-state index is 12.4. The number of carbonyl (C=O) groups excluding carboxylic acids is 2. The van der Waals surface area contributed by atoms with E-state index < -0.39 is 5.97 Å². The van der Waals surface area contributed by atoms with Gasteiger partial charge in [-0.05, 0) is 28.5 Å². The van der Waals surface area contributed by atoms with E-state index in [9.17, 15) is 9.59 Å². The molecule has 0 bridgehead atoms. The second kappa shape index (κ2) is 8.77. The van der Waals surface area contributed by atoms with Crippen LogP contribution in [-0.2, 0) is 20.7 Å². The second-order valence-electron chi connectivity index (χ2n) is 5.85. The summed E-state index contributed by atoms with van der Waals surface area (Å²) in [6.45, 7) is 1.81. The molecule has 1 saturated heterocycles. The molecule has 2 aromatic heterocycles. The Labute approximate surface area is 155 Å². The van der Waals surface area contributed by atoms with Crippen molar-refractivity contribution in [2.75, 3.05) is 33.4 Å². The first-order valence-corrected chi connectivity index (χ1v) is 9.16. The molecule has 2 aromatic rings. The number of hydrogen-bond acceptors (Lipinski definition) is 7. The van der Waals surface area contributed by atoms with Crippen molar-refractivity contribution in [3.63, 3.8) is 0 Å². The lowest BCUT2D eigenvalue weighted by molar-refractivity contribution is -0.139. The van der Waals surface area contributed by atoms with Gasteiger partial charge < -0.3 is 19.1 Å². The monoisotopic (exact) mass is 376 g/mol. The minimum absolute atomic E-state index is 0.0889. The first-order chi connectivity index (χ1) is 12.7. The topological polar surface area (TPSA) is 78.0 Å². The predicted octanol–water partition coefficient (Wildman–Crippen LogP) is 1.78. The predicted molar refractivity (Wildman–Crippen MR) is 95.4 cm³/mol. The number of thiophene rings is 1. The fraction of sp³-hybridized carbons (Fsp3) is 0.389. The highest BCUT2D eigenvalue weighted by Crippen LogP contribution is 2.15. The summed E-state index contributed by atoms with van der Waals surface area (Å²) in [5.74, 6) is 0.0753. The lowest BCUT2D eigenvalue weighted by Gasteiger charge is -2.32. The van der Waals surface area contributed by atoms with Gasteiger partial charge in [0.1, 0.15) is 18.5 Å². The van der Waals surface area contributed by atoms with Crippen molar-refractivity contribution in [2.45, 2.75) is 12.5 Å². The fourth-order valence-corrected chi connectivity index (χ4v) is 3.31. The molecule has 0 saturated carbocycles. The van der Waals surface area contributed by atoms with E-state index in [0.29, 0.717) is 37.4 Å². The van der Waals surface area contributed by atoms with E-state index in [4.69, 9.17) is 9.47 Å². The average Bonchev–Trinajstić information content (AvgIpc) is 3.19. The zero-order chi connectivity index (χ0) is 18.4. The van der Waals surface area contributed by atoms with Crippen molar-refractivity contribution in [2.24, 2.45) is 0 Å². The molecule has 7 nitrogen and oxygen atoms in total. The number of aromatic nitrogens is 1. The van der Waals surface area contributed by atoms with Crippen LogP contribution in [0.25, 0.3) is 0 Å². The average molecular weight is 376 g/mol. The third kappa shape index (κ3) is 4.80. The van der Waals surface area contributed by atoms with Gasteiger partial charge in [0, 0.05) is 12.7 Å². The first kappa shape index (κ1) is 18.3. The molecule has 0 aliphatic carbocycles. The summed E-state index contributed by atoms with van der Waals surface area (Å²) in [5, 5.41) is 3.95. The zero-order valence-electron chi connectivity index (χ0n) is 14.4. The van der Waals surface area contributed by atoms with E-state index in [1.807, 2.05) is 16.8 Å². The van der Waals surface area contributed by atoms with Gasteiger partial charge in [0.05, 0.1) is 38.4 Å². The molecule has 0 aromatic carbocycles. The highest BCUT2D eigenvalue weighted by atomic mass is 32.1. The van der Waals surface area contributed by atoms with Crippen LogP contribution >= 0.6 is 11.3 Å². The number of nitrogens with zero attached hydrogens (tertiary/aromatic N) is 2. The Balaban J connectivity index is 1.52. The van der Waals surface area contributed by atoms with Crippen LogP contribution in [0.1, 0.15) is 15.9 Å². The van der Waals surface area contributed by atoms with Crippen LogP contribution < -0.4 is 4.74 Å². The number of methoxy groups -OCH3 is 1. The summed E-state index contributed by atoms with van der Waals surface area (Å²) in [6, 6.07) is 3.53. The van der Waals surface area contributed by atoms with Crippen molar-refractivity contribution in [3.05, 3.63) is 46.4 Å². The van der Waals surface area contributed by atoms with Crippen molar-refractivity contribution >= 4 is 23.2 Å². The highest BCUT2D eigenvalue weighted by molar-refractivity contribution is 7.08.